The molecule has 0 spiro atoms. The van der Waals surface area contributed by atoms with Gasteiger partial charge < -0.3 is 10.0 Å². The van der Waals surface area contributed by atoms with E-state index in [1.807, 2.05) is 20.8 Å². The zero-order valence-electron chi connectivity index (χ0n) is 11.8. The molecule has 3 nitrogen and oxygen atoms in total. The second-order valence-corrected chi connectivity index (χ2v) is 5.13. The lowest BCUT2D eigenvalue weighted by atomic mass is 10.0. The molecule has 20 heavy (non-hydrogen) atoms. The number of carboxylic acids is 1. The molecular weight excluding hydrogens is 271 g/mol. The summed E-state index contributed by atoms with van der Waals surface area (Å²) in [5.74, 6) is -1.29. The van der Waals surface area contributed by atoms with Crippen molar-refractivity contribution in [2.24, 2.45) is 5.92 Å². The normalized spacial score (nSPS) is 13.4. The standard InChI is InChI=1S/C14H18F3NO2/c1-8(2)9(3)18(4)10-5-6-12(14(15,16)17)11(7-10)13(19)20/h5-9H,1-4H3,(H,19,20). The van der Waals surface area contributed by atoms with Gasteiger partial charge in [-0.2, -0.15) is 13.2 Å². The molecular formula is C14H18F3NO2. The van der Waals surface area contributed by atoms with Crippen LogP contribution in [0, 0.1) is 5.92 Å². The SMILES string of the molecule is CC(C)C(C)N(C)c1ccc(C(F)(F)F)c(C(=O)O)c1. The van der Waals surface area contributed by atoms with Crippen molar-refractivity contribution < 1.29 is 23.1 Å². The molecule has 1 unspecified atom stereocenters. The van der Waals surface area contributed by atoms with Crippen LogP contribution in [0.4, 0.5) is 18.9 Å². The Kier molecular flexibility index (Phi) is 4.68. The summed E-state index contributed by atoms with van der Waals surface area (Å²) in [5, 5.41) is 8.96. The first-order valence-corrected chi connectivity index (χ1v) is 6.23. The highest BCUT2D eigenvalue weighted by atomic mass is 19.4. The Hall–Kier alpha value is -1.72. The summed E-state index contributed by atoms with van der Waals surface area (Å²) in [5.41, 5.74) is -1.39. The van der Waals surface area contributed by atoms with Crippen LogP contribution in [-0.4, -0.2) is 24.2 Å². The van der Waals surface area contributed by atoms with Crippen molar-refractivity contribution in [3.05, 3.63) is 29.3 Å². The molecule has 1 aromatic carbocycles. The molecule has 0 fully saturated rings. The molecule has 0 aliphatic heterocycles. The van der Waals surface area contributed by atoms with Gasteiger partial charge in [0, 0.05) is 18.8 Å². The Bertz CT molecular complexity index is 498. The van der Waals surface area contributed by atoms with Crippen molar-refractivity contribution in [2.45, 2.75) is 33.0 Å². The van der Waals surface area contributed by atoms with Gasteiger partial charge in [-0.3, -0.25) is 0 Å². The van der Waals surface area contributed by atoms with Gasteiger partial charge in [-0.15, -0.1) is 0 Å². The summed E-state index contributed by atoms with van der Waals surface area (Å²) >= 11 is 0. The molecule has 0 aliphatic carbocycles. The summed E-state index contributed by atoms with van der Waals surface area (Å²) in [7, 11) is 1.74. The molecule has 1 rings (SSSR count). The molecule has 6 heteroatoms. The van der Waals surface area contributed by atoms with E-state index in [1.54, 1.807) is 11.9 Å². The van der Waals surface area contributed by atoms with Gasteiger partial charge >= 0.3 is 12.1 Å². The van der Waals surface area contributed by atoms with Crippen molar-refractivity contribution in [1.29, 1.82) is 0 Å². The minimum atomic E-state index is -4.67. The monoisotopic (exact) mass is 289 g/mol. The number of nitrogens with zero attached hydrogens (tertiary/aromatic N) is 1. The molecule has 0 amide bonds. The van der Waals surface area contributed by atoms with Crippen LogP contribution < -0.4 is 4.90 Å². The summed E-state index contributed by atoms with van der Waals surface area (Å²) in [4.78, 5) is 12.8. The first kappa shape index (κ1) is 16.3. The van der Waals surface area contributed by atoms with Gasteiger partial charge in [0.25, 0.3) is 0 Å². The molecule has 0 saturated carbocycles. The first-order valence-electron chi connectivity index (χ1n) is 6.23. The van der Waals surface area contributed by atoms with E-state index in [2.05, 4.69) is 0 Å². The zero-order valence-corrected chi connectivity index (χ0v) is 11.8. The van der Waals surface area contributed by atoms with E-state index in [4.69, 9.17) is 5.11 Å². The Morgan fingerprint density at radius 1 is 1.25 bits per heavy atom. The van der Waals surface area contributed by atoms with E-state index in [-0.39, 0.29) is 12.0 Å². The largest absolute Gasteiger partial charge is 0.478 e. The number of carboxylic acid groups (broad SMARTS) is 1. The minimum absolute atomic E-state index is 0.0772. The Morgan fingerprint density at radius 2 is 1.80 bits per heavy atom. The van der Waals surface area contributed by atoms with Crippen LogP contribution >= 0.6 is 0 Å². The average molecular weight is 289 g/mol. The first-order chi connectivity index (χ1) is 9.05. The third-order valence-electron chi connectivity index (χ3n) is 3.52. The smallest absolute Gasteiger partial charge is 0.417 e. The molecule has 1 atom stereocenters. The average Bonchev–Trinajstić information content (AvgIpc) is 2.34. The van der Waals surface area contributed by atoms with Crippen LogP contribution in [0.5, 0.6) is 0 Å². The van der Waals surface area contributed by atoms with Crippen molar-refractivity contribution >= 4 is 11.7 Å². The summed E-state index contributed by atoms with van der Waals surface area (Å²) in [6.45, 7) is 5.91. The lowest BCUT2D eigenvalue weighted by Crippen LogP contribution is -2.33. The van der Waals surface area contributed by atoms with Gasteiger partial charge in [-0.05, 0) is 31.0 Å². The summed E-state index contributed by atoms with van der Waals surface area (Å²) in [6, 6.07) is 3.27. The Labute approximate surface area is 116 Å². The molecule has 1 aromatic rings. The molecule has 0 heterocycles. The lowest BCUT2D eigenvalue weighted by molar-refractivity contribution is -0.138. The molecule has 0 bridgehead atoms. The van der Waals surface area contributed by atoms with E-state index in [0.29, 0.717) is 5.69 Å². The van der Waals surface area contributed by atoms with Gasteiger partial charge in [0.15, 0.2) is 0 Å². The highest BCUT2D eigenvalue weighted by molar-refractivity contribution is 5.91. The van der Waals surface area contributed by atoms with Crippen molar-refractivity contribution in [1.82, 2.24) is 0 Å². The van der Waals surface area contributed by atoms with Gasteiger partial charge in [-0.25, -0.2) is 4.79 Å². The maximum atomic E-state index is 12.8. The summed E-state index contributed by atoms with van der Waals surface area (Å²) < 4.78 is 38.3. The zero-order chi connectivity index (χ0) is 15.7. The molecule has 0 radical (unpaired) electrons. The minimum Gasteiger partial charge on any atom is -0.478 e. The number of hydrogen-bond acceptors (Lipinski definition) is 2. The van der Waals surface area contributed by atoms with Crippen LogP contribution in [0.2, 0.25) is 0 Å². The number of anilines is 1. The topological polar surface area (TPSA) is 40.5 Å². The van der Waals surface area contributed by atoms with Crippen LogP contribution in [0.25, 0.3) is 0 Å². The van der Waals surface area contributed by atoms with Crippen LogP contribution in [0.3, 0.4) is 0 Å². The molecule has 0 aromatic heterocycles. The molecule has 0 aliphatic rings. The third-order valence-corrected chi connectivity index (χ3v) is 3.52. The van der Waals surface area contributed by atoms with Gasteiger partial charge in [0.2, 0.25) is 0 Å². The van der Waals surface area contributed by atoms with Crippen LogP contribution in [0.15, 0.2) is 18.2 Å². The van der Waals surface area contributed by atoms with Gasteiger partial charge in [0.1, 0.15) is 0 Å². The summed E-state index contributed by atoms with van der Waals surface area (Å²) in [6.07, 6.45) is -4.67. The highest BCUT2D eigenvalue weighted by Crippen LogP contribution is 2.34. The fraction of sp³-hybridized carbons (Fsp3) is 0.500. The number of halogens is 3. The van der Waals surface area contributed by atoms with Crippen molar-refractivity contribution in [3.63, 3.8) is 0 Å². The predicted octanol–water partition coefficient (Wildman–Crippen LogP) is 3.88. The van der Waals surface area contributed by atoms with E-state index in [9.17, 15) is 18.0 Å². The van der Waals surface area contributed by atoms with Crippen LogP contribution in [-0.2, 0) is 6.18 Å². The quantitative estimate of drug-likeness (QED) is 0.914. The second kappa shape index (κ2) is 5.73. The molecule has 112 valence electrons. The van der Waals surface area contributed by atoms with E-state index in [1.165, 1.54) is 6.07 Å². The maximum Gasteiger partial charge on any atom is 0.417 e. The van der Waals surface area contributed by atoms with Crippen LogP contribution in [0.1, 0.15) is 36.7 Å². The van der Waals surface area contributed by atoms with Gasteiger partial charge in [-0.1, -0.05) is 13.8 Å². The van der Waals surface area contributed by atoms with E-state index < -0.39 is 23.3 Å². The van der Waals surface area contributed by atoms with E-state index >= 15 is 0 Å². The Balaban J connectivity index is 3.27. The highest BCUT2D eigenvalue weighted by Gasteiger charge is 2.35. The van der Waals surface area contributed by atoms with E-state index in [0.717, 1.165) is 12.1 Å². The van der Waals surface area contributed by atoms with Crippen molar-refractivity contribution in [3.8, 4) is 0 Å². The number of aromatic carboxylic acids is 1. The fourth-order valence-electron chi connectivity index (χ4n) is 1.86. The number of carbonyl (C=O) groups is 1. The molecule has 1 N–H and O–H groups in total. The molecule has 0 saturated heterocycles. The van der Waals surface area contributed by atoms with Crippen molar-refractivity contribution in [2.75, 3.05) is 11.9 Å². The number of rotatable bonds is 4. The lowest BCUT2D eigenvalue weighted by Gasteiger charge is -2.30. The number of hydrogen-bond donors (Lipinski definition) is 1. The van der Waals surface area contributed by atoms with Gasteiger partial charge in [0.05, 0.1) is 11.1 Å². The number of benzene rings is 1. The number of alkyl halides is 3. The fourth-order valence-corrected chi connectivity index (χ4v) is 1.86. The third kappa shape index (κ3) is 3.43. The maximum absolute atomic E-state index is 12.8. The second-order valence-electron chi connectivity index (χ2n) is 5.13. The predicted molar refractivity (Wildman–Crippen MR) is 71.1 cm³/mol. The Morgan fingerprint density at radius 3 is 2.20 bits per heavy atom.